The van der Waals surface area contributed by atoms with E-state index in [2.05, 4.69) is 4.98 Å². The maximum absolute atomic E-state index is 12.6. The molecule has 5 nitrogen and oxygen atoms in total. The van der Waals surface area contributed by atoms with Crippen LogP contribution in [0.1, 0.15) is 28.9 Å². The van der Waals surface area contributed by atoms with E-state index in [9.17, 15) is 9.90 Å². The molecule has 0 saturated carbocycles. The SMILES string of the molecule is CN(C)c1ccc(C(=O)N2CCC(O)(c3ccccn3)CC2)cc1. The Morgan fingerprint density at radius 3 is 2.33 bits per heavy atom. The molecule has 0 aliphatic carbocycles. The quantitative estimate of drug-likeness (QED) is 0.940. The highest BCUT2D eigenvalue weighted by atomic mass is 16.3. The van der Waals surface area contributed by atoms with E-state index >= 15 is 0 Å². The molecule has 24 heavy (non-hydrogen) atoms. The summed E-state index contributed by atoms with van der Waals surface area (Å²) in [5, 5.41) is 10.8. The summed E-state index contributed by atoms with van der Waals surface area (Å²) in [7, 11) is 3.94. The summed E-state index contributed by atoms with van der Waals surface area (Å²) in [5.41, 5.74) is 1.50. The van der Waals surface area contributed by atoms with Gasteiger partial charge in [0.15, 0.2) is 0 Å². The van der Waals surface area contributed by atoms with Crippen LogP contribution in [0.3, 0.4) is 0 Å². The Labute approximate surface area is 142 Å². The maximum Gasteiger partial charge on any atom is 0.253 e. The highest BCUT2D eigenvalue weighted by Gasteiger charge is 2.36. The molecule has 0 atom stereocenters. The van der Waals surface area contributed by atoms with E-state index in [1.165, 1.54) is 0 Å². The minimum atomic E-state index is -0.938. The fourth-order valence-electron chi connectivity index (χ4n) is 3.06. The van der Waals surface area contributed by atoms with Gasteiger partial charge in [0.25, 0.3) is 5.91 Å². The van der Waals surface area contributed by atoms with Gasteiger partial charge in [-0.05, 0) is 49.2 Å². The monoisotopic (exact) mass is 325 g/mol. The summed E-state index contributed by atoms with van der Waals surface area (Å²) in [5.74, 6) is 0.0170. The minimum Gasteiger partial charge on any atom is -0.383 e. The number of amides is 1. The van der Waals surface area contributed by atoms with Gasteiger partial charge in [-0.2, -0.15) is 0 Å². The third-order valence-electron chi connectivity index (χ3n) is 4.65. The first-order valence-electron chi connectivity index (χ1n) is 8.20. The lowest BCUT2D eigenvalue weighted by Gasteiger charge is -2.37. The van der Waals surface area contributed by atoms with E-state index in [1.54, 1.807) is 6.20 Å². The van der Waals surface area contributed by atoms with E-state index in [-0.39, 0.29) is 5.91 Å². The molecule has 3 rings (SSSR count). The first-order valence-corrected chi connectivity index (χ1v) is 8.20. The lowest BCUT2D eigenvalue weighted by atomic mass is 9.87. The van der Waals surface area contributed by atoms with Gasteiger partial charge in [0, 0.05) is 44.6 Å². The Morgan fingerprint density at radius 2 is 1.79 bits per heavy atom. The zero-order valence-electron chi connectivity index (χ0n) is 14.1. The normalized spacial score (nSPS) is 16.7. The Kier molecular flexibility index (Phi) is 4.53. The van der Waals surface area contributed by atoms with Gasteiger partial charge < -0.3 is 14.9 Å². The Bertz CT molecular complexity index is 690. The van der Waals surface area contributed by atoms with Crippen LogP contribution in [0.25, 0.3) is 0 Å². The fraction of sp³-hybridized carbons (Fsp3) is 0.368. The van der Waals surface area contributed by atoms with Gasteiger partial charge in [-0.25, -0.2) is 0 Å². The Balaban J connectivity index is 1.67. The van der Waals surface area contributed by atoms with Crippen molar-refractivity contribution in [3.8, 4) is 0 Å². The molecule has 1 N–H and O–H groups in total. The van der Waals surface area contributed by atoms with Gasteiger partial charge >= 0.3 is 0 Å². The topological polar surface area (TPSA) is 56.7 Å². The lowest BCUT2D eigenvalue weighted by Crippen LogP contribution is -2.45. The summed E-state index contributed by atoms with van der Waals surface area (Å²) in [4.78, 5) is 20.7. The number of piperidine rings is 1. The van der Waals surface area contributed by atoms with Crippen LogP contribution in [-0.2, 0) is 5.60 Å². The van der Waals surface area contributed by atoms with Crippen molar-refractivity contribution in [2.45, 2.75) is 18.4 Å². The number of aromatic nitrogens is 1. The third-order valence-corrected chi connectivity index (χ3v) is 4.65. The van der Waals surface area contributed by atoms with Gasteiger partial charge in [0.2, 0.25) is 0 Å². The molecular formula is C19H23N3O2. The van der Waals surface area contributed by atoms with Crippen LogP contribution in [0.15, 0.2) is 48.7 Å². The summed E-state index contributed by atoms with van der Waals surface area (Å²) in [6, 6.07) is 13.2. The average molecular weight is 325 g/mol. The fourth-order valence-corrected chi connectivity index (χ4v) is 3.06. The van der Waals surface area contributed by atoms with Crippen molar-refractivity contribution >= 4 is 11.6 Å². The summed E-state index contributed by atoms with van der Waals surface area (Å²) in [6.45, 7) is 1.06. The van der Waals surface area contributed by atoms with E-state index in [0.29, 0.717) is 37.2 Å². The number of anilines is 1. The summed E-state index contributed by atoms with van der Waals surface area (Å²) < 4.78 is 0. The largest absolute Gasteiger partial charge is 0.383 e. The highest BCUT2D eigenvalue weighted by Crippen LogP contribution is 2.31. The third kappa shape index (κ3) is 3.26. The molecule has 126 valence electrons. The highest BCUT2D eigenvalue weighted by molar-refractivity contribution is 5.94. The van der Waals surface area contributed by atoms with Crippen molar-refractivity contribution < 1.29 is 9.90 Å². The number of likely N-dealkylation sites (tertiary alicyclic amines) is 1. The number of hydrogen-bond donors (Lipinski definition) is 1. The average Bonchev–Trinajstić information content (AvgIpc) is 2.62. The van der Waals surface area contributed by atoms with Crippen LogP contribution < -0.4 is 4.90 Å². The van der Waals surface area contributed by atoms with Crippen LogP contribution in [0.2, 0.25) is 0 Å². The second-order valence-electron chi connectivity index (χ2n) is 6.48. The molecule has 2 aromatic rings. The number of benzene rings is 1. The summed E-state index contributed by atoms with van der Waals surface area (Å²) in [6.07, 6.45) is 2.70. The predicted octanol–water partition coefficient (Wildman–Crippen LogP) is 2.27. The molecule has 1 aliphatic heterocycles. The number of carbonyl (C=O) groups is 1. The van der Waals surface area contributed by atoms with Crippen molar-refractivity contribution in [3.63, 3.8) is 0 Å². The van der Waals surface area contributed by atoms with E-state index in [4.69, 9.17) is 0 Å². The lowest BCUT2D eigenvalue weighted by molar-refractivity contribution is -0.0244. The number of nitrogens with zero attached hydrogens (tertiary/aromatic N) is 3. The molecule has 1 aromatic heterocycles. The zero-order valence-corrected chi connectivity index (χ0v) is 14.1. The first-order chi connectivity index (χ1) is 11.5. The molecule has 0 bridgehead atoms. The van der Waals surface area contributed by atoms with Crippen LogP contribution >= 0.6 is 0 Å². The Hall–Kier alpha value is -2.40. The number of rotatable bonds is 3. The van der Waals surface area contributed by atoms with Crippen molar-refractivity contribution in [1.82, 2.24) is 9.88 Å². The minimum absolute atomic E-state index is 0.0170. The van der Waals surface area contributed by atoms with Crippen LogP contribution in [0.5, 0.6) is 0 Å². The summed E-state index contributed by atoms with van der Waals surface area (Å²) >= 11 is 0. The van der Waals surface area contributed by atoms with Crippen molar-refractivity contribution in [2.75, 3.05) is 32.1 Å². The number of aliphatic hydroxyl groups is 1. The number of hydrogen-bond acceptors (Lipinski definition) is 4. The van der Waals surface area contributed by atoms with Gasteiger partial charge in [0.1, 0.15) is 5.60 Å². The molecular weight excluding hydrogens is 302 g/mol. The van der Waals surface area contributed by atoms with Crippen LogP contribution in [0, 0.1) is 0 Å². The first kappa shape index (κ1) is 16.5. The molecule has 0 radical (unpaired) electrons. The van der Waals surface area contributed by atoms with Crippen molar-refractivity contribution in [3.05, 3.63) is 59.9 Å². The molecule has 1 aliphatic rings. The standard InChI is InChI=1S/C19H23N3O2/c1-21(2)16-8-6-15(7-9-16)18(23)22-13-10-19(24,11-14-22)17-5-3-4-12-20-17/h3-9,12,24H,10-11,13-14H2,1-2H3. The molecule has 1 fully saturated rings. The molecule has 2 heterocycles. The maximum atomic E-state index is 12.6. The van der Waals surface area contributed by atoms with Gasteiger partial charge in [0.05, 0.1) is 5.69 Å². The molecule has 1 aromatic carbocycles. The van der Waals surface area contributed by atoms with E-state index < -0.39 is 5.60 Å². The molecule has 1 saturated heterocycles. The molecule has 1 amide bonds. The molecule has 0 spiro atoms. The van der Waals surface area contributed by atoms with Gasteiger partial charge in [-0.1, -0.05) is 6.07 Å². The van der Waals surface area contributed by atoms with E-state index in [1.807, 2.05) is 66.4 Å². The van der Waals surface area contributed by atoms with Crippen LogP contribution in [0.4, 0.5) is 5.69 Å². The van der Waals surface area contributed by atoms with Crippen LogP contribution in [-0.4, -0.2) is 48.1 Å². The predicted molar refractivity (Wildman–Crippen MR) is 94.0 cm³/mol. The Morgan fingerprint density at radius 1 is 1.12 bits per heavy atom. The zero-order chi connectivity index (χ0) is 17.2. The second-order valence-corrected chi connectivity index (χ2v) is 6.48. The van der Waals surface area contributed by atoms with E-state index in [0.717, 1.165) is 5.69 Å². The smallest absolute Gasteiger partial charge is 0.253 e. The number of carbonyl (C=O) groups excluding carboxylic acids is 1. The molecule has 5 heteroatoms. The van der Waals surface area contributed by atoms with Crippen molar-refractivity contribution in [1.29, 1.82) is 0 Å². The number of pyridine rings is 1. The van der Waals surface area contributed by atoms with Gasteiger partial charge in [-0.15, -0.1) is 0 Å². The van der Waals surface area contributed by atoms with Crippen molar-refractivity contribution in [2.24, 2.45) is 0 Å². The second kappa shape index (κ2) is 6.61. The molecule has 0 unspecified atom stereocenters. The van der Waals surface area contributed by atoms with Gasteiger partial charge in [-0.3, -0.25) is 9.78 Å².